The number of imide groups is 2. The molecule has 1 saturated heterocycles. The molecule has 0 aliphatic carbocycles. The van der Waals surface area contributed by atoms with Gasteiger partial charge in [-0.1, -0.05) is 89.9 Å². The molecule has 0 saturated carbocycles. The Labute approximate surface area is 337 Å². The monoisotopic (exact) mass is 835 g/mol. The molecule has 8 nitrogen and oxygen atoms in total. The number of hydrogen-bond donors (Lipinski definition) is 1. The molecule has 3 heterocycles. The number of barbiturate groups is 1. The zero-order valence-corrected chi connectivity index (χ0v) is 33.0. The average molecular weight is 838 g/mol. The predicted molar refractivity (Wildman–Crippen MR) is 220 cm³/mol. The molecule has 5 aromatic carbocycles. The van der Waals surface area contributed by atoms with Crippen LogP contribution < -0.4 is 24.6 Å². The zero-order chi connectivity index (χ0) is 38.2. The van der Waals surface area contributed by atoms with E-state index < -0.39 is 17.8 Å². The summed E-state index contributed by atoms with van der Waals surface area (Å²) in [5.74, 6) is -0.540. The molecule has 1 fully saturated rings. The number of ether oxygens (including phenoxy) is 2. The van der Waals surface area contributed by atoms with Gasteiger partial charge in [0, 0.05) is 30.6 Å². The normalized spacial score (nSPS) is 18.6. The van der Waals surface area contributed by atoms with Crippen molar-refractivity contribution in [1.82, 2.24) is 5.32 Å². The summed E-state index contributed by atoms with van der Waals surface area (Å²) in [5.41, 5.74) is 7.17. The first-order valence-electron chi connectivity index (χ1n) is 18.2. The summed E-state index contributed by atoms with van der Waals surface area (Å²) in [6, 6.07) is 32.5. The molecule has 2 atom stereocenters. The van der Waals surface area contributed by atoms with Crippen LogP contribution in [0.2, 0.25) is 10.0 Å². The van der Waals surface area contributed by atoms with Crippen molar-refractivity contribution in [2.24, 2.45) is 0 Å². The fourth-order valence-corrected chi connectivity index (χ4v) is 8.78. The molecule has 0 spiro atoms. The van der Waals surface area contributed by atoms with E-state index in [4.69, 9.17) is 32.7 Å². The summed E-state index contributed by atoms with van der Waals surface area (Å²) in [6.07, 6.45) is 3.25. The number of nitrogens with zero attached hydrogens (tertiary/aromatic N) is 2. The van der Waals surface area contributed by atoms with Crippen LogP contribution in [0.4, 0.5) is 16.2 Å². The lowest BCUT2D eigenvalue weighted by molar-refractivity contribution is -0.122. The third-order valence-electron chi connectivity index (χ3n) is 10.4. The Bertz CT molecular complexity index is 2280. The van der Waals surface area contributed by atoms with Gasteiger partial charge >= 0.3 is 6.03 Å². The molecule has 0 unspecified atom stereocenters. The van der Waals surface area contributed by atoms with Gasteiger partial charge in [-0.3, -0.25) is 14.9 Å². The second-order valence-corrected chi connectivity index (χ2v) is 15.4. The molecule has 278 valence electrons. The number of halogens is 3. The van der Waals surface area contributed by atoms with Gasteiger partial charge < -0.3 is 14.4 Å². The molecule has 5 aromatic rings. The van der Waals surface area contributed by atoms with E-state index in [9.17, 15) is 14.4 Å². The molecule has 0 radical (unpaired) electrons. The van der Waals surface area contributed by atoms with Crippen LogP contribution in [0, 0.1) is 0 Å². The van der Waals surface area contributed by atoms with Crippen LogP contribution >= 0.6 is 39.1 Å². The van der Waals surface area contributed by atoms with Crippen LogP contribution in [0.3, 0.4) is 0 Å². The topological polar surface area (TPSA) is 88.2 Å². The molecule has 55 heavy (non-hydrogen) atoms. The van der Waals surface area contributed by atoms with Gasteiger partial charge in [-0.25, -0.2) is 9.69 Å². The van der Waals surface area contributed by atoms with Crippen LogP contribution in [0.25, 0.3) is 6.08 Å². The molecule has 0 bridgehead atoms. The van der Waals surface area contributed by atoms with Gasteiger partial charge in [-0.2, -0.15) is 0 Å². The van der Waals surface area contributed by atoms with E-state index in [1.165, 1.54) is 17.2 Å². The van der Waals surface area contributed by atoms with E-state index >= 15 is 0 Å². The maximum Gasteiger partial charge on any atom is 0.335 e. The smallest absolute Gasteiger partial charge is 0.335 e. The van der Waals surface area contributed by atoms with Crippen molar-refractivity contribution >= 4 is 74.4 Å². The molecule has 4 amide bonds. The molecule has 1 N–H and O–H groups in total. The number of benzene rings is 5. The fraction of sp³-hybridized carbons (Fsp3) is 0.205. The van der Waals surface area contributed by atoms with Crippen LogP contribution in [0.1, 0.15) is 65.0 Å². The van der Waals surface area contributed by atoms with E-state index in [1.807, 2.05) is 61.5 Å². The van der Waals surface area contributed by atoms with Gasteiger partial charge in [0.25, 0.3) is 11.8 Å². The lowest BCUT2D eigenvalue weighted by atomic mass is 9.76. The van der Waals surface area contributed by atoms with Gasteiger partial charge in [0.15, 0.2) is 11.5 Å². The van der Waals surface area contributed by atoms with E-state index in [2.05, 4.69) is 50.4 Å². The summed E-state index contributed by atoms with van der Waals surface area (Å²) >= 11 is 15.9. The Morgan fingerprint density at radius 1 is 0.800 bits per heavy atom. The number of carbonyl (C=O) groups excluding carboxylic acids is 3. The SMILES string of the molecule is CCOc1cc(/C=C2\C(=O)NC(=O)N(c3cc4c5c(c3)[C@H](c3ccccc3)CCN5CC[C@H]4c3ccccc3)C2=O)cc(Br)c1OCc1ccc(Cl)c(Cl)c1. The Balaban J connectivity index is 1.18. The first-order chi connectivity index (χ1) is 26.7. The van der Waals surface area contributed by atoms with Crippen molar-refractivity contribution in [1.29, 1.82) is 0 Å². The highest BCUT2D eigenvalue weighted by molar-refractivity contribution is 9.10. The average Bonchev–Trinajstić information content (AvgIpc) is 3.18. The Morgan fingerprint density at radius 3 is 2.04 bits per heavy atom. The van der Waals surface area contributed by atoms with Gasteiger partial charge in [0.05, 0.1) is 26.8 Å². The Hall–Kier alpha value is -5.09. The second-order valence-electron chi connectivity index (χ2n) is 13.7. The van der Waals surface area contributed by atoms with Crippen molar-refractivity contribution in [3.63, 3.8) is 0 Å². The number of carbonyl (C=O) groups is 3. The van der Waals surface area contributed by atoms with Crippen molar-refractivity contribution in [3.8, 4) is 11.5 Å². The van der Waals surface area contributed by atoms with Crippen molar-refractivity contribution in [2.45, 2.75) is 38.2 Å². The Kier molecular flexibility index (Phi) is 10.4. The number of rotatable bonds is 9. The van der Waals surface area contributed by atoms with Crippen LogP contribution in [-0.2, 0) is 16.2 Å². The first kappa shape index (κ1) is 36.9. The van der Waals surface area contributed by atoms with E-state index in [-0.39, 0.29) is 24.0 Å². The molecule has 3 aliphatic heterocycles. The highest BCUT2D eigenvalue weighted by atomic mass is 79.9. The first-order valence-corrected chi connectivity index (χ1v) is 19.7. The number of nitrogens with one attached hydrogen (secondary N) is 1. The predicted octanol–water partition coefficient (Wildman–Crippen LogP) is 10.3. The molecular formula is C44H36BrCl2N3O5. The van der Waals surface area contributed by atoms with Gasteiger partial charge in [-0.05, 0) is 112 Å². The van der Waals surface area contributed by atoms with Crippen molar-refractivity contribution in [2.75, 3.05) is 29.5 Å². The summed E-state index contributed by atoms with van der Waals surface area (Å²) in [7, 11) is 0. The highest BCUT2D eigenvalue weighted by Crippen LogP contribution is 2.50. The van der Waals surface area contributed by atoms with E-state index in [0.717, 1.165) is 53.2 Å². The number of anilines is 2. The zero-order valence-electron chi connectivity index (χ0n) is 29.9. The number of hydrogen-bond acceptors (Lipinski definition) is 6. The number of urea groups is 1. The van der Waals surface area contributed by atoms with Crippen LogP contribution in [-0.4, -0.2) is 37.5 Å². The Morgan fingerprint density at radius 2 is 1.44 bits per heavy atom. The summed E-state index contributed by atoms with van der Waals surface area (Å²) in [4.78, 5) is 45.1. The summed E-state index contributed by atoms with van der Waals surface area (Å²) in [5, 5.41) is 3.29. The fourth-order valence-electron chi connectivity index (χ4n) is 7.89. The second kappa shape index (κ2) is 15.6. The van der Waals surface area contributed by atoms with Crippen LogP contribution in [0.5, 0.6) is 11.5 Å². The standard InChI is InChI=1S/C44H36BrCl2N3O5/c1-2-54-39-22-27(20-36(45)41(39)55-25-26-13-14-37(46)38(47)21-26)19-35-42(51)48-44(53)50(43(35)52)30-23-33-31(28-9-5-3-6-10-28)15-17-49-18-16-32(34(24-30)40(33)49)29-11-7-4-8-12-29/h3-14,19-24,31-32H,2,15-18,25H2,1H3,(H,48,51,53)/b35-19+/t31-,32-/m0/s1. The lowest BCUT2D eigenvalue weighted by Gasteiger charge is -2.44. The lowest BCUT2D eigenvalue weighted by Crippen LogP contribution is -2.54. The van der Waals surface area contributed by atoms with E-state index in [1.54, 1.807) is 24.3 Å². The molecule has 3 aliphatic rings. The molecule has 8 rings (SSSR count). The summed E-state index contributed by atoms with van der Waals surface area (Å²) < 4.78 is 12.6. The third-order valence-corrected chi connectivity index (χ3v) is 11.7. The van der Waals surface area contributed by atoms with E-state index in [0.29, 0.717) is 43.9 Å². The third kappa shape index (κ3) is 7.24. The van der Waals surface area contributed by atoms with Crippen molar-refractivity contribution < 1.29 is 23.9 Å². The minimum Gasteiger partial charge on any atom is -0.490 e. The van der Waals surface area contributed by atoms with Gasteiger partial charge in [0.2, 0.25) is 0 Å². The van der Waals surface area contributed by atoms with Crippen LogP contribution in [0.15, 0.2) is 113 Å². The maximum atomic E-state index is 14.5. The number of amides is 4. The van der Waals surface area contributed by atoms with Gasteiger partial charge in [0.1, 0.15) is 12.2 Å². The minimum absolute atomic E-state index is 0.0621. The molecule has 11 heteroatoms. The minimum atomic E-state index is -0.794. The maximum absolute atomic E-state index is 14.5. The van der Waals surface area contributed by atoms with Crippen molar-refractivity contribution in [3.05, 3.63) is 157 Å². The molecule has 0 aromatic heterocycles. The summed E-state index contributed by atoms with van der Waals surface area (Å²) in [6.45, 7) is 4.18. The largest absolute Gasteiger partial charge is 0.490 e. The molecular weight excluding hydrogens is 801 g/mol. The quantitative estimate of drug-likeness (QED) is 0.118. The highest BCUT2D eigenvalue weighted by Gasteiger charge is 2.40. The van der Waals surface area contributed by atoms with Gasteiger partial charge in [-0.15, -0.1) is 0 Å².